The number of benzene rings is 3. The van der Waals surface area contributed by atoms with Crippen LogP contribution in [0.15, 0.2) is 71.6 Å². The number of nitrogens with zero attached hydrogens (tertiary/aromatic N) is 1. The molecular weight excluding hydrogens is 639 g/mol. The monoisotopic (exact) mass is 695 g/mol. The lowest BCUT2D eigenvalue weighted by molar-refractivity contribution is -0.132. The van der Waals surface area contributed by atoms with Crippen molar-refractivity contribution in [3.05, 3.63) is 72.3 Å². The first kappa shape index (κ1) is 39.9. The van der Waals surface area contributed by atoms with E-state index in [4.69, 9.17) is 0 Å². The van der Waals surface area contributed by atoms with Gasteiger partial charge in [-0.3, -0.25) is 14.9 Å². The Morgan fingerprint density at radius 1 is 0.816 bits per heavy atom. The molecule has 0 radical (unpaired) electrons. The van der Waals surface area contributed by atoms with Gasteiger partial charge in [0.2, 0.25) is 15.9 Å². The molecule has 3 unspecified atom stereocenters. The first-order chi connectivity index (χ1) is 23.5. The van der Waals surface area contributed by atoms with Gasteiger partial charge in [0.1, 0.15) is 0 Å². The van der Waals surface area contributed by atoms with E-state index < -0.39 is 28.2 Å². The van der Waals surface area contributed by atoms with Crippen LogP contribution in [-0.4, -0.2) is 64.8 Å². The number of aliphatic hydroxyl groups excluding tert-OH is 1. The molecule has 0 saturated heterocycles. The molecule has 0 aliphatic heterocycles. The smallest absolute Gasteiger partial charge is 0.264 e. The van der Waals surface area contributed by atoms with Crippen molar-refractivity contribution < 1.29 is 23.1 Å². The summed E-state index contributed by atoms with van der Waals surface area (Å²) in [6.07, 6.45) is 8.85. The summed E-state index contributed by atoms with van der Waals surface area (Å²) in [7, 11) is -0.125. The molecule has 0 aliphatic rings. The highest BCUT2D eigenvalue weighted by Crippen LogP contribution is 2.30. The zero-order chi connectivity index (χ0) is 35.6. The van der Waals surface area contributed by atoms with Gasteiger partial charge in [-0.25, -0.2) is 13.1 Å². The molecule has 10 nitrogen and oxygen atoms in total. The highest BCUT2D eigenvalue weighted by Gasteiger charge is 2.24. The highest BCUT2D eigenvalue weighted by atomic mass is 32.2. The van der Waals surface area contributed by atoms with Crippen molar-refractivity contribution in [2.75, 3.05) is 32.1 Å². The number of hydrogen-bond acceptors (Lipinski definition) is 7. The maximum absolute atomic E-state index is 13.6. The number of fused-ring (bicyclic) bond motifs is 1. The standard InChI is InChI=1S/C38H57N5O5S/c1-5-6-7-8-9-10-14-26-36(44)39-27-16-15-21-31(42-38(46)37(45)41-29(2)30-19-12-11-13-20-30)28-40-49(47,48)35-25-18-22-32-33(35)23-17-24-34(32)43(3)4/h11-13,17-20,22-25,29,31,38,40,42,46H,5-10,14-16,21,26-28H2,1-4H3,(H,39,44)(H,41,45). The Kier molecular flexibility index (Phi) is 17.0. The first-order valence-corrected chi connectivity index (χ1v) is 19.3. The van der Waals surface area contributed by atoms with E-state index in [0.29, 0.717) is 37.6 Å². The molecule has 5 N–H and O–H groups in total. The fraction of sp³-hybridized carbons (Fsp3) is 0.526. The van der Waals surface area contributed by atoms with E-state index in [0.717, 1.165) is 35.9 Å². The van der Waals surface area contributed by atoms with E-state index in [9.17, 15) is 23.1 Å². The third-order valence-electron chi connectivity index (χ3n) is 8.76. The van der Waals surface area contributed by atoms with Crippen LogP contribution in [0.4, 0.5) is 5.69 Å². The van der Waals surface area contributed by atoms with Crippen LogP contribution in [0.25, 0.3) is 10.8 Å². The molecule has 0 spiro atoms. The van der Waals surface area contributed by atoms with Crippen molar-refractivity contribution in [3.63, 3.8) is 0 Å². The van der Waals surface area contributed by atoms with E-state index in [2.05, 4.69) is 27.6 Å². The van der Waals surface area contributed by atoms with Crippen molar-refractivity contribution in [1.82, 2.24) is 20.7 Å². The molecule has 0 aliphatic carbocycles. The second kappa shape index (κ2) is 20.9. The minimum Gasteiger partial charge on any atom is -0.377 e. The summed E-state index contributed by atoms with van der Waals surface area (Å²) in [4.78, 5) is 27.3. The maximum Gasteiger partial charge on any atom is 0.264 e. The second-order valence-electron chi connectivity index (χ2n) is 13.0. The molecule has 49 heavy (non-hydrogen) atoms. The van der Waals surface area contributed by atoms with Gasteiger partial charge >= 0.3 is 0 Å². The molecule has 3 atom stereocenters. The van der Waals surface area contributed by atoms with Crippen molar-refractivity contribution in [2.24, 2.45) is 0 Å². The van der Waals surface area contributed by atoms with Gasteiger partial charge in [0.05, 0.1) is 10.9 Å². The van der Waals surface area contributed by atoms with Gasteiger partial charge in [0.15, 0.2) is 6.23 Å². The van der Waals surface area contributed by atoms with E-state index >= 15 is 0 Å². The van der Waals surface area contributed by atoms with E-state index in [1.807, 2.05) is 74.4 Å². The lowest BCUT2D eigenvalue weighted by Gasteiger charge is -2.24. The summed E-state index contributed by atoms with van der Waals surface area (Å²) in [5.74, 6) is -0.560. The number of carbonyl (C=O) groups is 2. The number of unbranched alkanes of at least 4 members (excludes halogenated alkanes) is 7. The van der Waals surface area contributed by atoms with Crippen LogP contribution in [0.2, 0.25) is 0 Å². The SMILES string of the molecule is CCCCCCCCCC(=O)NCCCCC(CNS(=O)(=O)c1cccc2c(N(C)C)cccc12)NC(O)C(=O)NC(C)c1ccccc1. The molecule has 0 saturated carbocycles. The average Bonchev–Trinajstić information content (AvgIpc) is 3.09. The summed E-state index contributed by atoms with van der Waals surface area (Å²) in [5.41, 5.74) is 1.80. The number of hydrogen-bond donors (Lipinski definition) is 5. The van der Waals surface area contributed by atoms with Crippen LogP contribution in [0.1, 0.15) is 96.1 Å². The van der Waals surface area contributed by atoms with Crippen LogP contribution >= 0.6 is 0 Å². The van der Waals surface area contributed by atoms with Crippen molar-refractivity contribution in [2.45, 2.75) is 108 Å². The molecule has 0 fully saturated rings. The number of amides is 2. The Bertz CT molecular complexity index is 1550. The minimum absolute atomic E-state index is 0.0446. The van der Waals surface area contributed by atoms with Crippen molar-refractivity contribution in [3.8, 4) is 0 Å². The van der Waals surface area contributed by atoms with E-state index in [1.165, 1.54) is 25.7 Å². The topological polar surface area (TPSA) is 140 Å². The van der Waals surface area contributed by atoms with Crippen LogP contribution in [0.5, 0.6) is 0 Å². The number of aliphatic hydroxyl groups is 1. The van der Waals surface area contributed by atoms with Gasteiger partial charge < -0.3 is 20.6 Å². The number of nitrogens with one attached hydrogen (secondary N) is 4. The Labute approximate surface area is 293 Å². The highest BCUT2D eigenvalue weighted by molar-refractivity contribution is 7.89. The second-order valence-corrected chi connectivity index (χ2v) is 14.7. The van der Waals surface area contributed by atoms with Crippen molar-refractivity contribution in [1.29, 1.82) is 0 Å². The minimum atomic E-state index is -3.95. The predicted octanol–water partition coefficient (Wildman–Crippen LogP) is 5.77. The largest absolute Gasteiger partial charge is 0.377 e. The van der Waals surface area contributed by atoms with Crippen LogP contribution in [0.3, 0.4) is 0 Å². The predicted molar refractivity (Wildman–Crippen MR) is 199 cm³/mol. The lowest BCUT2D eigenvalue weighted by Crippen LogP contribution is -2.52. The van der Waals surface area contributed by atoms with Crippen molar-refractivity contribution >= 4 is 38.3 Å². The van der Waals surface area contributed by atoms with Gasteiger partial charge in [-0.05, 0) is 43.9 Å². The zero-order valence-corrected chi connectivity index (χ0v) is 30.5. The Morgan fingerprint density at radius 2 is 1.49 bits per heavy atom. The summed E-state index contributed by atoms with van der Waals surface area (Å²) in [5, 5.41) is 21.0. The fourth-order valence-electron chi connectivity index (χ4n) is 5.91. The average molecular weight is 696 g/mol. The number of sulfonamides is 1. The normalized spacial score (nSPS) is 13.5. The molecule has 0 aromatic heterocycles. The molecule has 3 aromatic rings. The van der Waals surface area contributed by atoms with E-state index in [1.54, 1.807) is 18.2 Å². The molecule has 2 amide bonds. The number of anilines is 1. The van der Waals surface area contributed by atoms with E-state index in [-0.39, 0.29) is 23.4 Å². The molecule has 0 bridgehead atoms. The van der Waals surface area contributed by atoms with Gasteiger partial charge in [0.25, 0.3) is 5.91 Å². The van der Waals surface area contributed by atoms with Gasteiger partial charge in [0, 0.05) is 56.1 Å². The third kappa shape index (κ3) is 13.4. The lowest BCUT2D eigenvalue weighted by atomic mass is 10.1. The van der Waals surface area contributed by atoms with Gasteiger partial charge in [-0.15, -0.1) is 0 Å². The van der Waals surface area contributed by atoms with Crippen LogP contribution < -0.4 is 25.6 Å². The Morgan fingerprint density at radius 3 is 2.20 bits per heavy atom. The molecular formula is C38H57N5O5S. The maximum atomic E-state index is 13.6. The molecule has 11 heteroatoms. The summed E-state index contributed by atoms with van der Waals surface area (Å²) in [6.45, 7) is 4.50. The third-order valence-corrected chi connectivity index (χ3v) is 10.2. The molecule has 270 valence electrons. The Hall–Kier alpha value is -3.51. The first-order valence-electron chi connectivity index (χ1n) is 17.8. The number of rotatable bonds is 23. The number of carbonyl (C=O) groups excluding carboxylic acids is 2. The summed E-state index contributed by atoms with van der Waals surface area (Å²) in [6, 6.07) is 19.3. The van der Waals surface area contributed by atoms with Gasteiger partial charge in [-0.2, -0.15) is 0 Å². The quantitative estimate of drug-likeness (QED) is 0.0628. The van der Waals surface area contributed by atoms with Gasteiger partial charge in [-0.1, -0.05) is 106 Å². The fourth-order valence-corrected chi connectivity index (χ4v) is 7.21. The molecule has 0 heterocycles. The Balaban J connectivity index is 1.59. The molecule has 3 aromatic carbocycles. The zero-order valence-electron chi connectivity index (χ0n) is 29.7. The van der Waals surface area contributed by atoms with Crippen LogP contribution in [0, 0.1) is 0 Å². The summed E-state index contributed by atoms with van der Waals surface area (Å²) >= 11 is 0. The summed E-state index contributed by atoms with van der Waals surface area (Å²) < 4.78 is 30.0. The van der Waals surface area contributed by atoms with Crippen LogP contribution in [-0.2, 0) is 19.6 Å². The molecule has 3 rings (SSSR count).